The van der Waals surface area contributed by atoms with Crippen molar-refractivity contribution >= 4 is 110 Å². The predicted octanol–water partition coefficient (Wildman–Crippen LogP) is 11.8. The molecule has 0 aliphatic heterocycles. The number of hydrogen-bond acceptors (Lipinski definition) is 15. The molecule has 0 heterocycles. The maximum atomic E-state index is 10.9. The number of unbranched alkanes of at least 4 members (excludes halogenated alkanes) is 3. The van der Waals surface area contributed by atoms with E-state index in [1.54, 1.807) is 84.9 Å². The van der Waals surface area contributed by atoms with Gasteiger partial charge in [-0.3, -0.25) is 50.6 Å². The van der Waals surface area contributed by atoms with Gasteiger partial charge < -0.3 is 49.7 Å². The number of rotatable bonds is 16. The molecule has 0 bridgehead atoms. The molecule has 8 rings (SSSR count). The summed E-state index contributed by atoms with van der Waals surface area (Å²) in [7, 11) is 0. The average Bonchev–Trinajstić information content (AvgIpc) is 0.893. The zero-order valence-electron chi connectivity index (χ0n) is 54.3. The Morgan fingerprint density at radius 2 is 0.915 bits per heavy atom. The van der Waals surface area contributed by atoms with Crippen molar-refractivity contribution in [1.82, 2.24) is 0 Å². The monoisotopic (exact) mass is 1480 g/mol. The number of aliphatic hydroxyl groups is 3. The molecule has 6 aromatic carbocycles. The molecule has 0 radical (unpaired) electrons. The van der Waals surface area contributed by atoms with Gasteiger partial charge in [-0.05, 0) is 96.7 Å². The van der Waals surface area contributed by atoms with Crippen molar-refractivity contribution in [3.63, 3.8) is 0 Å². The zero-order chi connectivity index (χ0) is 66.8. The van der Waals surface area contributed by atoms with Crippen molar-refractivity contribution < 1.29 is 74.3 Å². The van der Waals surface area contributed by atoms with E-state index >= 15 is 0 Å². The van der Waals surface area contributed by atoms with Crippen LogP contribution in [0.2, 0.25) is 0 Å². The van der Waals surface area contributed by atoms with E-state index < -0.39 is 38.0 Å². The number of benzene rings is 6. The first-order valence-corrected chi connectivity index (χ1v) is 30.8. The summed E-state index contributed by atoms with van der Waals surface area (Å²) < 4.78 is 0.671. The van der Waals surface area contributed by atoms with Crippen molar-refractivity contribution in [3.05, 3.63) is 235 Å². The summed E-state index contributed by atoms with van der Waals surface area (Å²) >= 11 is 1.93. The van der Waals surface area contributed by atoms with Gasteiger partial charge in [0.1, 0.15) is 12.6 Å². The van der Waals surface area contributed by atoms with Gasteiger partial charge in [0, 0.05) is 40.5 Å². The summed E-state index contributed by atoms with van der Waals surface area (Å²) in [4.78, 5) is 70.5. The van der Waals surface area contributed by atoms with Crippen molar-refractivity contribution in [2.24, 2.45) is 22.7 Å². The fourth-order valence-corrected chi connectivity index (χ4v) is 9.38. The molecule has 0 amide bonds. The summed E-state index contributed by atoms with van der Waals surface area (Å²) in [6.45, 7) is 13.7. The Labute approximate surface area is 613 Å². The second-order valence-corrected chi connectivity index (χ2v) is 24.4. The molecule has 2 aliphatic carbocycles. The molecule has 3 N–H and O–H groups in total. The van der Waals surface area contributed by atoms with Gasteiger partial charge in [-0.25, -0.2) is 0 Å². The molecule has 3 atom stereocenters. The van der Waals surface area contributed by atoms with E-state index in [2.05, 4.69) is 19.1 Å². The van der Waals surface area contributed by atoms with Gasteiger partial charge in [0.25, 0.3) is 22.7 Å². The van der Waals surface area contributed by atoms with Gasteiger partial charge in [0.05, 0.1) is 58.3 Å². The van der Waals surface area contributed by atoms with Crippen LogP contribution < -0.4 is 24.8 Å². The molecular formula is C69H92Cl2IMg2N5O15. The molecule has 20 nitrogen and oxygen atoms in total. The van der Waals surface area contributed by atoms with E-state index in [9.17, 15) is 75.5 Å². The van der Waals surface area contributed by atoms with Crippen molar-refractivity contribution in [3.8, 4) is 0 Å². The van der Waals surface area contributed by atoms with Crippen LogP contribution in [0.1, 0.15) is 194 Å². The Morgan fingerprint density at radius 1 is 0.521 bits per heavy atom. The molecule has 2 aliphatic rings. The van der Waals surface area contributed by atoms with E-state index in [1.807, 2.05) is 94.5 Å². The summed E-state index contributed by atoms with van der Waals surface area (Å²) in [6.07, 6.45) is 16.7. The topological polar surface area (TPSA) is 311 Å². The summed E-state index contributed by atoms with van der Waals surface area (Å²) in [5, 5.41) is 82.9. The van der Waals surface area contributed by atoms with E-state index in [-0.39, 0.29) is 128 Å². The zero-order valence-corrected chi connectivity index (χ0v) is 60.8. The van der Waals surface area contributed by atoms with Gasteiger partial charge >= 0.3 is 46.1 Å². The number of nitrogens with zero attached hydrogens (tertiary/aromatic N) is 5. The Morgan fingerprint density at radius 3 is 1.24 bits per heavy atom. The van der Waals surface area contributed by atoms with Crippen LogP contribution in [-0.2, 0) is 9.59 Å². The number of nitro benzene ring substituents is 5. The van der Waals surface area contributed by atoms with Gasteiger partial charge in [-0.15, -0.1) is 6.07 Å². The van der Waals surface area contributed by atoms with Crippen LogP contribution in [-0.4, -0.2) is 98.6 Å². The molecule has 2 saturated carbocycles. The number of halogens is 3. The Kier molecular flexibility index (Phi) is 57.3. The minimum absolute atomic E-state index is 0. The second-order valence-electron chi connectivity index (χ2n) is 23.2. The molecular weight excluding hydrogens is 1390 g/mol. The minimum Gasteiger partial charge on any atom is -1.00 e. The number of carbonyl (C=O) groups excluding carboxylic acids is 2. The number of nitro groups is 5. The normalized spacial score (nSPS) is 13.0. The van der Waals surface area contributed by atoms with E-state index in [4.69, 9.17) is 0 Å². The molecule has 25 heteroatoms. The first kappa shape index (κ1) is 97.1. The fourth-order valence-electron chi connectivity index (χ4n) is 8.80. The number of aliphatic hydroxyl groups excluding tert-OH is 3. The third-order valence-electron chi connectivity index (χ3n) is 13.4. The quantitative estimate of drug-likeness (QED) is 0.0154. The summed E-state index contributed by atoms with van der Waals surface area (Å²) in [6, 6.07) is 47.0. The van der Waals surface area contributed by atoms with Crippen LogP contribution in [0, 0.1) is 88.9 Å². The molecule has 94 heavy (non-hydrogen) atoms. The molecule has 6 aromatic rings. The number of aldehydes is 2. The Bertz CT molecular complexity index is 2990. The van der Waals surface area contributed by atoms with E-state index in [0.717, 1.165) is 76.8 Å². The van der Waals surface area contributed by atoms with Crippen LogP contribution in [0.3, 0.4) is 0 Å². The van der Waals surface area contributed by atoms with E-state index in [0.29, 0.717) is 39.0 Å². The molecule has 0 spiro atoms. The predicted molar refractivity (Wildman–Crippen MR) is 373 cm³/mol. The van der Waals surface area contributed by atoms with Gasteiger partial charge in [0.15, 0.2) is 5.69 Å². The van der Waals surface area contributed by atoms with Crippen LogP contribution in [0.25, 0.3) is 0 Å². The summed E-state index contributed by atoms with van der Waals surface area (Å²) in [5.41, 5.74) is 1.28. The van der Waals surface area contributed by atoms with Gasteiger partial charge in [-0.1, -0.05) is 175 Å². The minimum atomic E-state index is -0.790. The van der Waals surface area contributed by atoms with Crippen molar-refractivity contribution in [1.29, 1.82) is 0 Å². The smallest absolute Gasteiger partial charge is 1.00 e. The van der Waals surface area contributed by atoms with Crippen molar-refractivity contribution in [2.75, 3.05) is 0 Å². The fraction of sp³-hybridized carbons (Fsp3) is 0.449. The van der Waals surface area contributed by atoms with E-state index in [1.165, 1.54) is 62.1 Å². The first-order valence-electron chi connectivity index (χ1n) is 29.8. The van der Waals surface area contributed by atoms with Gasteiger partial charge in [-0.2, -0.15) is 54.6 Å². The second kappa shape index (κ2) is 55.5. The Hall–Kier alpha value is -5.62. The largest absolute Gasteiger partial charge is 2.00 e. The average molecular weight is 1480 g/mol. The Balaban J connectivity index is -0.000000327. The van der Waals surface area contributed by atoms with Crippen LogP contribution >= 0.6 is 22.6 Å². The molecule has 2 fully saturated rings. The number of non-ortho nitro benzene ring substituents is 1. The SMILES string of the molecule is C.CC(C)(C)C=O.CC(C)(C)CC(O)c1ccccc1[N+](=O)[O-].CCCCCCC(O)c1ccccc1[N+](=O)[O-].O=CC1CCCCC1.O=[N+]([O-])c1[c-]cccc1.O=[N+]([O-])c1ccccc1C(O)C1CCCCC1.O=[N+]([O-])c1ccccc1I.[Cl-].[Cl-].[Mg+2].[Mg+2].[c-]1ccccc1. The number of hydrogen-bond donors (Lipinski definition) is 3. The maximum Gasteiger partial charge on any atom is 2.00 e. The van der Waals surface area contributed by atoms with Crippen molar-refractivity contribution in [2.45, 2.75) is 177 Å². The standard InChI is InChI=1S/C13H17NO3.C13H19NO3.C12H17NO3.C7H12O.C6H4INO2.C6H4NO2.C6H5.C5H10O.CH4.2ClH.2Mg/c15-13(10-6-2-1-3-7-10)11-8-4-5-9-12(11)14(16)17;1-2-3-4-5-10-13(15)11-8-6-7-9-12(11)14(16)17;1-12(2,3)8-11(14)9-6-4-5-7-10(9)13(15)16;8-6-7-4-2-1-3-5-7;7-5-3-1-2-4-6(5)8(9)10;8-7(9)6-4-2-1-3-5-6;1-2-4-6-5-3-1;1-5(2,3)4-6;;;;;/h4-5,8-10,13,15H,1-3,6-7H2;6-9,13,15H,2-5,10H2,1H3;4-7,11,14H,8H2,1-3H3;6-7H,1-5H2;1-4H;1-4H;1-5H;4H,1-3H3;1H4;2*1H;;/q;;;;;2*-1;;;;;2*+2/p-2. The molecule has 0 saturated heterocycles. The van der Waals surface area contributed by atoms with Crippen LogP contribution in [0.5, 0.6) is 0 Å². The maximum absolute atomic E-state index is 10.9. The van der Waals surface area contributed by atoms with Crippen LogP contribution in [0.15, 0.2) is 152 Å². The summed E-state index contributed by atoms with van der Waals surface area (Å²) in [5.74, 6) is 0.577. The third-order valence-corrected chi connectivity index (χ3v) is 14.3. The van der Waals surface area contributed by atoms with Crippen LogP contribution in [0.4, 0.5) is 28.4 Å². The first-order chi connectivity index (χ1) is 42.2. The molecule has 508 valence electrons. The van der Waals surface area contributed by atoms with Gasteiger partial charge in [0.2, 0.25) is 0 Å². The molecule has 0 aromatic heterocycles. The third kappa shape index (κ3) is 43.5. The number of carbonyl (C=O) groups is 2. The number of para-hydroxylation sites is 5. The molecule has 3 unspecified atom stereocenters.